The predicted molar refractivity (Wildman–Crippen MR) is 50.0 cm³/mol. The van der Waals surface area contributed by atoms with E-state index in [1.54, 1.807) is 6.92 Å². The van der Waals surface area contributed by atoms with Crippen LogP contribution in [0, 0.1) is 6.92 Å². The summed E-state index contributed by atoms with van der Waals surface area (Å²) in [5.41, 5.74) is 0.702. The molecule has 1 rings (SSSR count). The molecule has 0 spiro atoms. The summed E-state index contributed by atoms with van der Waals surface area (Å²) in [5.74, 6) is 0.763. The molecule has 0 amide bonds. The summed E-state index contributed by atoms with van der Waals surface area (Å²) in [7, 11) is 0. The standard InChI is InChI=1S/C10H12O3/c1-7(2)6-13-10-8(3)12-5-4-9(10)11/h4-5H,1,6H2,2-3H3. The molecule has 0 unspecified atom stereocenters. The number of ether oxygens (including phenoxy) is 1. The highest BCUT2D eigenvalue weighted by Gasteiger charge is 2.05. The third-order valence-corrected chi connectivity index (χ3v) is 1.47. The fraction of sp³-hybridized carbons (Fsp3) is 0.300. The monoisotopic (exact) mass is 180 g/mol. The molecule has 0 N–H and O–H groups in total. The molecule has 0 aromatic carbocycles. The molecule has 0 atom stereocenters. The van der Waals surface area contributed by atoms with Crippen LogP contribution in [0.2, 0.25) is 0 Å². The van der Waals surface area contributed by atoms with E-state index in [0.29, 0.717) is 12.4 Å². The van der Waals surface area contributed by atoms with Gasteiger partial charge in [0.25, 0.3) is 0 Å². The molecule has 0 saturated carbocycles. The zero-order valence-electron chi connectivity index (χ0n) is 7.79. The maximum absolute atomic E-state index is 11.2. The van der Waals surface area contributed by atoms with Crippen LogP contribution < -0.4 is 10.2 Å². The summed E-state index contributed by atoms with van der Waals surface area (Å²) >= 11 is 0. The van der Waals surface area contributed by atoms with Crippen molar-refractivity contribution >= 4 is 0 Å². The summed E-state index contributed by atoms with van der Waals surface area (Å²) < 4.78 is 10.2. The summed E-state index contributed by atoms with van der Waals surface area (Å²) in [4.78, 5) is 11.2. The zero-order chi connectivity index (χ0) is 9.84. The maximum Gasteiger partial charge on any atom is 0.227 e. The van der Waals surface area contributed by atoms with E-state index in [1.165, 1.54) is 12.3 Å². The second kappa shape index (κ2) is 3.94. The van der Waals surface area contributed by atoms with E-state index < -0.39 is 0 Å². The molecule has 1 heterocycles. The van der Waals surface area contributed by atoms with Gasteiger partial charge in [-0.3, -0.25) is 4.79 Å². The van der Waals surface area contributed by atoms with Crippen molar-refractivity contribution in [2.24, 2.45) is 0 Å². The van der Waals surface area contributed by atoms with Crippen LogP contribution in [0.25, 0.3) is 0 Å². The van der Waals surface area contributed by atoms with E-state index >= 15 is 0 Å². The molecule has 13 heavy (non-hydrogen) atoms. The van der Waals surface area contributed by atoms with Crippen molar-refractivity contribution in [2.45, 2.75) is 13.8 Å². The van der Waals surface area contributed by atoms with Crippen LogP contribution in [0.1, 0.15) is 12.7 Å². The van der Waals surface area contributed by atoms with Gasteiger partial charge in [0.1, 0.15) is 12.4 Å². The minimum absolute atomic E-state index is 0.162. The molecule has 0 aliphatic carbocycles. The first kappa shape index (κ1) is 9.58. The molecule has 0 saturated heterocycles. The molecule has 3 heteroatoms. The van der Waals surface area contributed by atoms with E-state index in [-0.39, 0.29) is 11.2 Å². The van der Waals surface area contributed by atoms with Crippen molar-refractivity contribution < 1.29 is 9.15 Å². The van der Waals surface area contributed by atoms with Crippen LogP contribution in [-0.4, -0.2) is 6.61 Å². The molecule has 1 aromatic rings. The largest absolute Gasteiger partial charge is 0.482 e. The van der Waals surface area contributed by atoms with Gasteiger partial charge < -0.3 is 9.15 Å². The van der Waals surface area contributed by atoms with Gasteiger partial charge in [-0.25, -0.2) is 0 Å². The van der Waals surface area contributed by atoms with E-state index in [0.717, 1.165) is 5.57 Å². The van der Waals surface area contributed by atoms with Gasteiger partial charge in [0.05, 0.1) is 6.26 Å². The Hall–Kier alpha value is -1.51. The molecule has 0 aliphatic rings. The topological polar surface area (TPSA) is 39.4 Å². The second-order valence-corrected chi connectivity index (χ2v) is 2.92. The molecule has 70 valence electrons. The molecule has 3 nitrogen and oxygen atoms in total. The molecule has 1 aromatic heterocycles. The van der Waals surface area contributed by atoms with Crippen molar-refractivity contribution in [3.05, 3.63) is 40.5 Å². The number of hydrogen-bond acceptors (Lipinski definition) is 3. The molecular formula is C10H12O3. The smallest absolute Gasteiger partial charge is 0.227 e. The Morgan fingerprint density at radius 1 is 1.69 bits per heavy atom. The van der Waals surface area contributed by atoms with Gasteiger partial charge in [0, 0.05) is 6.07 Å². The lowest BCUT2D eigenvalue weighted by molar-refractivity contribution is 0.327. The predicted octanol–water partition coefficient (Wildman–Crippen LogP) is 1.90. The van der Waals surface area contributed by atoms with Gasteiger partial charge >= 0.3 is 0 Å². The van der Waals surface area contributed by atoms with E-state index in [9.17, 15) is 4.79 Å². The lowest BCUT2D eigenvalue weighted by atomic mass is 10.3. The first-order valence-electron chi connectivity index (χ1n) is 3.97. The number of aryl methyl sites for hydroxylation is 1. The zero-order valence-corrected chi connectivity index (χ0v) is 7.79. The molecule has 0 fully saturated rings. The minimum atomic E-state index is -0.162. The second-order valence-electron chi connectivity index (χ2n) is 2.92. The van der Waals surface area contributed by atoms with Crippen LogP contribution >= 0.6 is 0 Å². The lowest BCUT2D eigenvalue weighted by Crippen LogP contribution is -2.09. The average Bonchev–Trinajstić information content (AvgIpc) is 2.03. The molecule has 0 aliphatic heterocycles. The Bertz CT molecular complexity index is 363. The van der Waals surface area contributed by atoms with Crippen molar-refractivity contribution in [1.82, 2.24) is 0 Å². The van der Waals surface area contributed by atoms with Crippen molar-refractivity contribution in [2.75, 3.05) is 6.61 Å². The van der Waals surface area contributed by atoms with Gasteiger partial charge in [-0.2, -0.15) is 0 Å². The van der Waals surface area contributed by atoms with Crippen LogP contribution in [0.3, 0.4) is 0 Å². The molecule has 0 radical (unpaired) electrons. The van der Waals surface area contributed by atoms with Crippen LogP contribution in [0.4, 0.5) is 0 Å². The quantitative estimate of drug-likeness (QED) is 0.667. The Morgan fingerprint density at radius 2 is 2.38 bits per heavy atom. The van der Waals surface area contributed by atoms with Crippen LogP contribution in [0.15, 0.2) is 33.7 Å². The Balaban J connectivity index is 2.87. The van der Waals surface area contributed by atoms with Crippen molar-refractivity contribution in [3.8, 4) is 5.75 Å². The highest BCUT2D eigenvalue weighted by molar-refractivity contribution is 5.23. The normalized spacial score (nSPS) is 9.69. The first-order valence-corrected chi connectivity index (χ1v) is 3.97. The Kier molecular flexibility index (Phi) is 2.90. The first-order chi connectivity index (χ1) is 6.11. The van der Waals surface area contributed by atoms with Crippen molar-refractivity contribution in [3.63, 3.8) is 0 Å². The molecule has 0 bridgehead atoms. The van der Waals surface area contributed by atoms with Gasteiger partial charge in [0.2, 0.25) is 11.2 Å². The number of rotatable bonds is 3. The van der Waals surface area contributed by atoms with Gasteiger partial charge in [-0.15, -0.1) is 0 Å². The average molecular weight is 180 g/mol. The van der Waals surface area contributed by atoms with Crippen LogP contribution in [-0.2, 0) is 0 Å². The van der Waals surface area contributed by atoms with Crippen molar-refractivity contribution in [1.29, 1.82) is 0 Å². The summed E-state index contributed by atoms with van der Waals surface area (Å²) in [6.45, 7) is 7.54. The van der Waals surface area contributed by atoms with E-state index in [4.69, 9.17) is 9.15 Å². The van der Waals surface area contributed by atoms with Gasteiger partial charge in [0.15, 0.2) is 0 Å². The number of hydrogen-bond donors (Lipinski definition) is 0. The fourth-order valence-electron chi connectivity index (χ4n) is 0.869. The van der Waals surface area contributed by atoms with Gasteiger partial charge in [-0.1, -0.05) is 6.58 Å². The summed E-state index contributed by atoms with van der Waals surface area (Å²) in [5, 5.41) is 0. The highest BCUT2D eigenvalue weighted by Crippen LogP contribution is 2.10. The Labute approximate surface area is 76.6 Å². The SMILES string of the molecule is C=C(C)COc1c(C)occc1=O. The maximum atomic E-state index is 11.2. The minimum Gasteiger partial charge on any atom is -0.482 e. The summed E-state index contributed by atoms with van der Waals surface area (Å²) in [6, 6.07) is 1.33. The molecular weight excluding hydrogens is 168 g/mol. The van der Waals surface area contributed by atoms with Gasteiger partial charge in [-0.05, 0) is 19.4 Å². The Morgan fingerprint density at radius 3 is 2.92 bits per heavy atom. The third kappa shape index (κ3) is 2.47. The van der Waals surface area contributed by atoms with E-state index in [2.05, 4.69) is 6.58 Å². The highest BCUT2D eigenvalue weighted by atomic mass is 16.5. The lowest BCUT2D eigenvalue weighted by Gasteiger charge is -2.05. The van der Waals surface area contributed by atoms with Crippen LogP contribution in [0.5, 0.6) is 5.75 Å². The summed E-state index contributed by atoms with van der Waals surface area (Å²) in [6.07, 6.45) is 1.35. The third-order valence-electron chi connectivity index (χ3n) is 1.47. The fourth-order valence-corrected chi connectivity index (χ4v) is 0.869. The van der Waals surface area contributed by atoms with E-state index in [1.807, 2.05) is 6.92 Å².